The number of para-hydroxylation sites is 1. The Morgan fingerprint density at radius 3 is 2.56 bits per heavy atom. The highest BCUT2D eigenvalue weighted by molar-refractivity contribution is 5.85. The number of piperidine rings is 1. The van der Waals surface area contributed by atoms with Crippen LogP contribution in [0.5, 0.6) is 5.75 Å². The van der Waals surface area contributed by atoms with Crippen molar-refractivity contribution in [2.45, 2.75) is 52.0 Å². The van der Waals surface area contributed by atoms with E-state index in [9.17, 15) is 19.2 Å². The first kappa shape index (κ1) is 28.6. The smallest absolute Gasteiger partial charge is 0.242 e. The molecule has 3 aliphatic rings. The van der Waals surface area contributed by atoms with E-state index in [0.29, 0.717) is 71.0 Å². The molecule has 9 heteroatoms. The number of carbonyl (C=O) groups is 4. The molecule has 9 nitrogen and oxygen atoms in total. The Labute approximate surface area is 231 Å². The van der Waals surface area contributed by atoms with E-state index < -0.39 is 0 Å². The van der Waals surface area contributed by atoms with Crippen LogP contribution in [0.2, 0.25) is 0 Å². The van der Waals surface area contributed by atoms with Gasteiger partial charge in [0.05, 0.1) is 0 Å². The molecule has 0 saturated carbocycles. The van der Waals surface area contributed by atoms with Crippen molar-refractivity contribution in [3.63, 3.8) is 0 Å². The molecule has 0 unspecified atom stereocenters. The molecule has 0 aromatic heterocycles. The second-order valence-corrected chi connectivity index (χ2v) is 10.8. The molecule has 0 N–H and O–H groups in total. The molecule has 3 heterocycles. The van der Waals surface area contributed by atoms with Gasteiger partial charge in [-0.05, 0) is 30.7 Å². The van der Waals surface area contributed by atoms with Crippen molar-refractivity contribution in [1.29, 1.82) is 0 Å². The van der Waals surface area contributed by atoms with Gasteiger partial charge in [0.25, 0.3) is 0 Å². The lowest BCUT2D eigenvalue weighted by Gasteiger charge is -2.39. The highest BCUT2D eigenvalue weighted by Gasteiger charge is 2.34. The minimum atomic E-state index is -0.0513. The third kappa shape index (κ3) is 7.83. The maximum Gasteiger partial charge on any atom is 0.242 e. The number of nitrogens with zero attached hydrogens (tertiary/aromatic N) is 4. The normalized spacial score (nSPS) is 22.2. The summed E-state index contributed by atoms with van der Waals surface area (Å²) in [6.45, 7) is 6.21. The van der Waals surface area contributed by atoms with E-state index in [1.54, 1.807) is 9.80 Å². The fourth-order valence-electron chi connectivity index (χ4n) is 5.69. The average molecular weight is 539 g/mol. The summed E-state index contributed by atoms with van der Waals surface area (Å²) in [6, 6.07) is 7.69. The largest absolute Gasteiger partial charge is 0.489 e. The summed E-state index contributed by atoms with van der Waals surface area (Å²) >= 11 is 0. The average Bonchev–Trinajstić information content (AvgIpc) is 2.96. The minimum Gasteiger partial charge on any atom is -0.489 e. The molecule has 2 saturated heterocycles. The van der Waals surface area contributed by atoms with Crippen molar-refractivity contribution in [1.82, 2.24) is 19.6 Å². The van der Waals surface area contributed by atoms with Crippen LogP contribution in [0.3, 0.4) is 0 Å². The molecule has 2 fully saturated rings. The van der Waals surface area contributed by atoms with Crippen molar-refractivity contribution in [3.05, 3.63) is 42.0 Å². The standard InChI is InChI=1S/C30H42N4O5/c1-2-3-4-11-28(36)34-21-26-8-5-6-10-27(26)39-18-7-9-25-20-33(30(38)22-34)13-12-24(25)19-29(37)32-16-14-31(23-35)15-17-32/h5-10,23-25H,2-4,11-22H2,1H3/t24-,25-/m0/s1. The number of ether oxygens (including phenoxy) is 1. The van der Waals surface area contributed by atoms with E-state index in [2.05, 4.69) is 13.0 Å². The summed E-state index contributed by atoms with van der Waals surface area (Å²) < 4.78 is 6.09. The molecule has 39 heavy (non-hydrogen) atoms. The molecule has 4 amide bonds. The fraction of sp³-hybridized carbons (Fsp3) is 0.600. The molecular weight excluding hydrogens is 496 g/mol. The quantitative estimate of drug-likeness (QED) is 0.303. The predicted molar refractivity (Wildman–Crippen MR) is 148 cm³/mol. The molecule has 2 atom stereocenters. The van der Waals surface area contributed by atoms with Gasteiger partial charge in [-0.25, -0.2) is 0 Å². The number of amides is 4. The lowest BCUT2D eigenvalue weighted by molar-refractivity contribution is -0.143. The molecule has 0 aliphatic carbocycles. The van der Waals surface area contributed by atoms with Crippen molar-refractivity contribution < 1.29 is 23.9 Å². The van der Waals surface area contributed by atoms with Crippen LogP contribution in [0.1, 0.15) is 51.0 Å². The van der Waals surface area contributed by atoms with Gasteiger partial charge in [-0.1, -0.05) is 50.1 Å². The predicted octanol–water partition coefficient (Wildman–Crippen LogP) is 2.70. The number of piperazine rings is 1. The highest BCUT2D eigenvalue weighted by atomic mass is 16.5. The molecular formula is C30H42N4O5. The Bertz CT molecular complexity index is 1040. The van der Waals surface area contributed by atoms with E-state index in [-0.39, 0.29) is 36.1 Å². The van der Waals surface area contributed by atoms with Gasteiger partial charge in [0.1, 0.15) is 18.9 Å². The van der Waals surface area contributed by atoms with Crippen molar-refractivity contribution >= 4 is 24.1 Å². The van der Waals surface area contributed by atoms with Crippen LogP contribution in [0, 0.1) is 11.8 Å². The van der Waals surface area contributed by atoms with Crippen molar-refractivity contribution in [3.8, 4) is 5.75 Å². The summed E-state index contributed by atoms with van der Waals surface area (Å²) in [7, 11) is 0. The van der Waals surface area contributed by atoms with Gasteiger partial charge in [-0.15, -0.1) is 0 Å². The van der Waals surface area contributed by atoms with E-state index in [1.807, 2.05) is 40.1 Å². The Kier molecular flexibility index (Phi) is 10.4. The van der Waals surface area contributed by atoms with E-state index in [4.69, 9.17) is 4.74 Å². The number of hydrogen-bond acceptors (Lipinski definition) is 5. The first-order valence-electron chi connectivity index (χ1n) is 14.4. The van der Waals surface area contributed by atoms with E-state index in [1.165, 1.54) is 0 Å². The van der Waals surface area contributed by atoms with Crippen molar-refractivity contribution in [2.24, 2.45) is 11.8 Å². The van der Waals surface area contributed by atoms with Gasteiger partial charge in [-0.3, -0.25) is 19.2 Å². The number of hydrogen-bond donors (Lipinski definition) is 0. The van der Waals surface area contributed by atoms with Crippen molar-refractivity contribution in [2.75, 3.05) is 52.4 Å². The number of rotatable bonds is 7. The minimum absolute atomic E-state index is 0.00805. The van der Waals surface area contributed by atoms with Gasteiger partial charge < -0.3 is 24.3 Å². The number of carbonyl (C=O) groups excluding carboxylic acids is 4. The summed E-state index contributed by atoms with van der Waals surface area (Å²) in [5.41, 5.74) is 0.887. The van der Waals surface area contributed by atoms with Crippen LogP contribution in [0.15, 0.2) is 36.4 Å². The number of benzene rings is 1. The van der Waals surface area contributed by atoms with Crippen LogP contribution < -0.4 is 4.74 Å². The van der Waals surface area contributed by atoms with Gasteiger partial charge in [-0.2, -0.15) is 0 Å². The molecule has 0 spiro atoms. The molecule has 212 valence electrons. The lowest BCUT2D eigenvalue weighted by atomic mass is 9.82. The lowest BCUT2D eigenvalue weighted by Crippen LogP contribution is -2.50. The summed E-state index contributed by atoms with van der Waals surface area (Å²) in [6.07, 6.45) is 9.33. The van der Waals surface area contributed by atoms with Gasteiger partial charge >= 0.3 is 0 Å². The van der Waals surface area contributed by atoms with Gasteiger partial charge in [0.2, 0.25) is 24.1 Å². The Balaban J connectivity index is 1.48. The molecule has 2 bridgehead atoms. The maximum absolute atomic E-state index is 13.5. The number of fused-ring (bicyclic) bond motifs is 3. The van der Waals surface area contributed by atoms with Crippen LogP contribution in [-0.2, 0) is 25.7 Å². The monoisotopic (exact) mass is 538 g/mol. The van der Waals surface area contributed by atoms with Crippen LogP contribution >= 0.6 is 0 Å². The van der Waals surface area contributed by atoms with E-state index in [0.717, 1.165) is 37.7 Å². The first-order chi connectivity index (χ1) is 19.0. The molecule has 0 radical (unpaired) electrons. The second-order valence-electron chi connectivity index (χ2n) is 10.8. The zero-order valence-electron chi connectivity index (χ0n) is 23.1. The van der Waals surface area contributed by atoms with Crippen LogP contribution in [0.4, 0.5) is 0 Å². The van der Waals surface area contributed by atoms with Crippen LogP contribution in [0.25, 0.3) is 0 Å². The SMILES string of the molecule is CCCCCC(=O)N1CC(=O)N2CC[C@@H](CC(=O)N3CCN(C=O)CC3)[C@@H](C=CCOc3ccccc3C1)C2. The fourth-order valence-corrected chi connectivity index (χ4v) is 5.69. The Morgan fingerprint density at radius 1 is 1.00 bits per heavy atom. The third-order valence-electron chi connectivity index (χ3n) is 8.14. The number of unbranched alkanes of at least 4 members (excludes halogenated alkanes) is 2. The zero-order valence-corrected chi connectivity index (χ0v) is 23.1. The third-order valence-corrected chi connectivity index (χ3v) is 8.14. The Hall–Kier alpha value is -3.36. The van der Waals surface area contributed by atoms with Crippen LogP contribution in [-0.4, -0.2) is 96.2 Å². The molecule has 1 aromatic carbocycles. The molecule has 3 aliphatic heterocycles. The maximum atomic E-state index is 13.5. The highest BCUT2D eigenvalue weighted by Crippen LogP contribution is 2.30. The van der Waals surface area contributed by atoms with Gasteiger partial charge in [0, 0.05) is 64.2 Å². The second kappa shape index (κ2) is 14.1. The zero-order chi connectivity index (χ0) is 27.6. The summed E-state index contributed by atoms with van der Waals surface area (Å²) in [4.78, 5) is 57.9. The van der Waals surface area contributed by atoms with Gasteiger partial charge in [0.15, 0.2) is 0 Å². The first-order valence-corrected chi connectivity index (χ1v) is 14.4. The Morgan fingerprint density at radius 2 is 1.79 bits per heavy atom. The summed E-state index contributed by atoms with van der Waals surface area (Å²) in [5, 5.41) is 0. The molecule has 4 rings (SSSR count). The summed E-state index contributed by atoms with van der Waals surface area (Å²) in [5.74, 6) is 0.901. The van der Waals surface area contributed by atoms with E-state index >= 15 is 0 Å². The molecule has 1 aromatic rings. The topological polar surface area (TPSA) is 90.5 Å².